The van der Waals surface area contributed by atoms with Crippen LogP contribution in [-0.4, -0.2) is 58.7 Å². The maximum absolute atomic E-state index is 5.50. The molecule has 1 aliphatic heterocycles. The summed E-state index contributed by atoms with van der Waals surface area (Å²) in [6, 6.07) is 14.3. The number of hydrazone groups is 1. The van der Waals surface area contributed by atoms with Crippen molar-refractivity contribution in [3.8, 4) is 17.2 Å². The number of hydrogen-bond acceptors (Lipinski definition) is 6. The number of methoxy groups -OCH3 is 3. The predicted molar refractivity (Wildman–Crippen MR) is 104 cm³/mol. The van der Waals surface area contributed by atoms with Gasteiger partial charge in [-0.05, 0) is 24.3 Å². The lowest BCUT2D eigenvalue weighted by atomic mass is 10.2. The van der Waals surface area contributed by atoms with Crippen molar-refractivity contribution in [1.29, 1.82) is 0 Å². The van der Waals surface area contributed by atoms with E-state index in [2.05, 4.69) is 39.3 Å². The minimum absolute atomic E-state index is 0.577. The Kier molecular flexibility index (Phi) is 5.84. The van der Waals surface area contributed by atoms with Gasteiger partial charge in [-0.2, -0.15) is 5.10 Å². The van der Waals surface area contributed by atoms with Gasteiger partial charge in [0.25, 0.3) is 0 Å². The number of para-hydroxylation sites is 1. The second kappa shape index (κ2) is 8.47. The fraction of sp³-hybridized carbons (Fsp3) is 0.350. The van der Waals surface area contributed by atoms with Gasteiger partial charge in [-0.15, -0.1) is 0 Å². The zero-order valence-corrected chi connectivity index (χ0v) is 15.5. The molecule has 1 fully saturated rings. The highest BCUT2D eigenvalue weighted by molar-refractivity contribution is 5.86. The third kappa shape index (κ3) is 3.85. The molecule has 0 saturated carbocycles. The van der Waals surface area contributed by atoms with Gasteiger partial charge in [-0.1, -0.05) is 18.2 Å². The average Bonchev–Trinajstić information content (AvgIpc) is 2.72. The van der Waals surface area contributed by atoms with Gasteiger partial charge in [-0.3, -0.25) is 5.01 Å². The van der Waals surface area contributed by atoms with E-state index in [1.165, 1.54) is 5.69 Å². The highest BCUT2D eigenvalue weighted by Gasteiger charge is 2.17. The summed E-state index contributed by atoms with van der Waals surface area (Å²) in [4.78, 5) is 2.38. The number of nitrogens with zero attached hydrogens (tertiary/aromatic N) is 3. The van der Waals surface area contributed by atoms with E-state index in [0.717, 1.165) is 31.7 Å². The van der Waals surface area contributed by atoms with Gasteiger partial charge in [0.1, 0.15) is 0 Å². The number of anilines is 1. The molecule has 0 aromatic heterocycles. The van der Waals surface area contributed by atoms with Gasteiger partial charge in [0.15, 0.2) is 11.5 Å². The highest BCUT2D eigenvalue weighted by atomic mass is 16.5. The third-order valence-electron chi connectivity index (χ3n) is 4.47. The highest BCUT2D eigenvalue weighted by Crippen LogP contribution is 2.39. The second-order valence-corrected chi connectivity index (χ2v) is 5.94. The van der Waals surface area contributed by atoms with Crippen molar-refractivity contribution in [2.75, 3.05) is 52.4 Å². The number of rotatable bonds is 6. The molecular formula is C20H25N3O3. The monoisotopic (exact) mass is 355 g/mol. The quantitative estimate of drug-likeness (QED) is 0.746. The first kappa shape index (κ1) is 17.9. The SMILES string of the molecule is COc1ccc(/C=N\N2CCN(c3ccccc3)CC2)c(OC)c1OC. The minimum atomic E-state index is 0.577. The van der Waals surface area contributed by atoms with Gasteiger partial charge < -0.3 is 19.1 Å². The van der Waals surface area contributed by atoms with Crippen LogP contribution in [-0.2, 0) is 0 Å². The molecule has 1 saturated heterocycles. The first-order valence-electron chi connectivity index (χ1n) is 8.64. The van der Waals surface area contributed by atoms with Crippen LogP contribution in [0.4, 0.5) is 5.69 Å². The molecule has 2 aromatic rings. The smallest absolute Gasteiger partial charge is 0.203 e. The number of hydrogen-bond donors (Lipinski definition) is 0. The van der Waals surface area contributed by atoms with Gasteiger partial charge in [0.2, 0.25) is 5.75 Å². The fourth-order valence-electron chi connectivity index (χ4n) is 3.08. The van der Waals surface area contributed by atoms with Crippen molar-refractivity contribution in [1.82, 2.24) is 5.01 Å². The first-order chi connectivity index (χ1) is 12.8. The van der Waals surface area contributed by atoms with Crippen molar-refractivity contribution in [3.63, 3.8) is 0 Å². The first-order valence-corrected chi connectivity index (χ1v) is 8.64. The summed E-state index contributed by atoms with van der Waals surface area (Å²) in [5, 5.41) is 6.71. The Morgan fingerprint density at radius 1 is 0.808 bits per heavy atom. The Morgan fingerprint density at radius 2 is 1.50 bits per heavy atom. The van der Waals surface area contributed by atoms with Crippen molar-refractivity contribution in [3.05, 3.63) is 48.0 Å². The summed E-state index contributed by atoms with van der Waals surface area (Å²) < 4.78 is 16.2. The molecule has 1 aliphatic rings. The van der Waals surface area contributed by atoms with Crippen molar-refractivity contribution in [2.24, 2.45) is 5.10 Å². The van der Waals surface area contributed by atoms with Crippen LogP contribution in [0.1, 0.15) is 5.56 Å². The second-order valence-electron chi connectivity index (χ2n) is 5.94. The molecule has 6 heteroatoms. The van der Waals surface area contributed by atoms with Crippen molar-refractivity contribution < 1.29 is 14.2 Å². The average molecular weight is 355 g/mol. The Bertz CT molecular complexity index is 741. The van der Waals surface area contributed by atoms with Gasteiger partial charge in [0, 0.05) is 24.3 Å². The third-order valence-corrected chi connectivity index (χ3v) is 4.47. The predicted octanol–water partition coefficient (Wildman–Crippen LogP) is 2.87. The molecule has 0 spiro atoms. The molecule has 0 N–H and O–H groups in total. The van der Waals surface area contributed by atoms with E-state index in [0.29, 0.717) is 17.2 Å². The summed E-state index contributed by atoms with van der Waals surface area (Å²) in [5.74, 6) is 1.84. The molecule has 6 nitrogen and oxygen atoms in total. The molecular weight excluding hydrogens is 330 g/mol. The Balaban J connectivity index is 1.68. The summed E-state index contributed by atoms with van der Waals surface area (Å²) in [7, 11) is 4.83. The van der Waals surface area contributed by atoms with Crippen LogP contribution < -0.4 is 19.1 Å². The van der Waals surface area contributed by atoms with E-state index < -0.39 is 0 Å². The van der Waals surface area contributed by atoms with Crippen molar-refractivity contribution in [2.45, 2.75) is 0 Å². The van der Waals surface area contributed by atoms with Crippen LogP contribution >= 0.6 is 0 Å². The number of piperazine rings is 1. The largest absolute Gasteiger partial charge is 0.493 e. The van der Waals surface area contributed by atoms with Gasteiger partial charge in [0.05, 0.1) is 40.6 Å². The van der Waals surface area contributed by atoms with Gasteiger partial charge >= 0.3 is 0 Å². The lowest BCUT2D eigenvalue weighted by molar-refractivity contribution is 0.272. The van der Waals surface area contributed by atoms with E-state index in [-0.39, 0.29) is 0 Å². The van der Waals surface area contributed by atoms with E-state index in [1.807, 2.05) is 24.4 Å². The Morgan fingerprint density at radius 3 is 2.12 bits per heavy atom. The zero-order chi connectivity index (χ0) is 18.4. The van der Waals surface area contributed by atoms with Crippen LogP contribution in [0.25, 0.3) is 0 Å². The van der Waals surface area contributed by atoms with Crippen molar-refractivity contribution >= 4 is 11.9 Å². The van der Waals surface area contributed by atoms with Gasteiger partial charge in [-0.25, -0.2) is 0 Å². The minimum Gasteiger partial charge on any atom is -0.493 e. The van der Waals surface area contributed by atoms with Crippen LogP contribution in [0, 0.1) is 0 Å². The van der Waals surface area contributed by atoms with Crippen LogP contribution in [0.15, 0.2) is 47.6 Å². The molecule has 138 valence electrons. The van der Waals surface area contributed by atoms with Crippen LogP contribution in [0.3, 0.4) is 0 Å². The normalized spacial score (nSPS) is 14.6. The maximum atomic E-state index is 5.50. The fourth-order valence-corrected chi connectivity index (χ4v) is 3.08. The van der Waals surface area contributed by atoms with Crippen LogP contribution in [0.2, 0.25) is 0 Å². The number of benzene rings is 2. The Hall–Kier alpha value is -2.89. The summed E-state index contributed by atoms with van der Waals surface area (Å²) in [6.45, 7) is 3.65. The molecule has 0 atom stereocenters. The molecule has 3 rings (SSSR count). The molecule has 26 heavy (non-hydrogen) atoms. The van der Waals surface area contributed by atoms with E-state index in [9.17, 15) is 0 Å². The van der Waals surface area contributed by atoms with E-state index in [1.54, 1.807) is 21.3 Å². The molecule has 0 radical (unpaired) electrons. The summed E-state index contributed by atoms with van der Waals surface area (Å²) >= 11 is 0. The summed E-state index contributed by atoms with van der Waals surface area (Å²) in [5.41, 5.74) is 2.12. The Labute approximate surface area is 154 Å². The lowest BCUT2D eigenvalue weighted by Crippen LogP contribution is -2.44. The molecule has 2 aromatic carbocycles. The molecule has 1 heterocycles. The maximum Gasteiger partial charge on any atom is 0.203 e. The van der Waals surface area contributed by atoms with E-state index >= 15 is 0 Å². The van der Waals surface area contributed by atoms with E-state index in [4.69, 9.17) is 14.2 Å². The zero-order valence-electron chi connectivity index (χ0n) is 15.5. The lowest BCUT2D eigenvalue weighted by Gasteiger charge is -2.34. The number of ether oxygens (including phenoxy) is 3. The van der Waals surface area contributed by atoms with Crippen LogP contribution in [0.5, 0.6) is 17.2 Å². The molecule has 0 amide bonds. The topological polar surface area (TPSA) is 46.5 Å². The molecule has 0 aliphatic carbocycles. The standard InChI is InChI=1S/C20H25N3O3/c1-24-18-10-9-16(19(25-2)20(18)26-3)15-21-23-13-11-22(12-14-23)17-7-5-4-6-8-17/h4-10,15H,11-14H2,1-3H3/b21-15-. The molecule has 0 bridgehead atoms. The molecule has 0 unspecified atom stereocenters. The summed E-state index contributed by atoms with van der Waals surface area (Å²) in [6.07, 6.45) is 1.82.